The van der Waals surface area contributed by atoms with Crippen molar-refractivity contribution in [3.8, 4) is 22.4 Å². The zero-order chi connectivity index (χ0) is 45.5. The number of carbonyl (C=O) groups is 4. The van der Waals surface area contributed by atoms with Crippen LogP contribution in [0.1, 0.15) is 90.2 Å². The van der Waals surface area contributed by atoms with Crippen LogP contribution < -0.4 is 10.7 Å². The summed E-state index contributed by atoms with van der Waals surface area (Å²) in [6.07, 6.45) is 5.86. The topological polar surface area (TPSA) is 144 Å². The average Bonchev–Trinajstić information content (AvgIpc) is 3.85. The molecule has 2 aromatic heterocycles. The first kappa shape index (κ1) is 45.2. The molecule has 0 saturated carbocycles. The lowest BCUT2D eigenvalue weighted by atomic mass is 9.84. The highest BCUT2D eigenvalue weighted by atomic mass is 16.5. The third-order valence-electron chi connectivity index (χ3n) is 13.8. The Labute approximate surface area is 376 Å². The maximum absolute atomic E-state index is 14.7. The monoisotopic (exact) mass is 872 g/mol. The maximum atomic E-state index is 14.7. The maximum Gasteiger partial charge on any atom is 0.324 e. The van der Waals surface area contributed by atoms with Gasteiger partial charge in [-0.25, -0.2) is 5.43 Å². The van der Waals surface area contributed by atoms with Crippen LogP contribution in [0.5, 0.6) is 0 Å². The number of benzene rings is 2. The number of nitrogens with zero attached hydrogens (tertiary/aromatic N) is 4. The van der Waals surface area contributed by atoms with E-state index in [4.69, 9.17) is 19.2 Å². The van der Waals surface area contributed by atoms with Crippen LogP contribution in [0, 0.1) is 17.3 Å². The molecule has 8 rings (SSSR count). The molecule has 2 aromatic carbocycles. The molecule has 340 valence electrons. The van der Waals surface area contributed by atoms with Crippen molar-refractivity contribution in [1.29, 1.82) is 0 Å². The fourth-order valence-corrected chi connectivity index (χ4v) is 10.4. The Balaban J connectivity index is 1.17. The fraction of sp³-hybridized carbons (Fsp3) is 0.510. The molecule has 0 aliphatic carbocycles. The first-order valence-corrected chi connectivity index (χ1v) is 23.0. The number of aromatic nitrogens is 2. The van der Waals surface area contributed by atoms with Crippen LogP contribution in [0.4, 0.5) is 0 Å². The number of nitrogens with one attached hydrogen (secondary N) is 2. The summed E-state index contributed by atoms with van der Waals surface area (Å²) in [6.45, 7) is 18.2. The van der Waals surface area contributed by atoms with Gasteiger partial charge in [0.25, 0.3) is 5.91 Å². The highest BCUT2D eigenvalue weighted by Gasteiger charge is 2.53. The smallest absolute Gasteiger partial charge is 0.324 e. The molecule has 1 spiro atoms. The van der Waals surface area contributed by atoms with E-state index in [0.717, 1.165) is 63.1 Å². The zero-order valence-corrected chi connectivity index (χ0v) is 38.4. The van der Waals surface area contributed by atoms with Crippen molar-refractivity contribution in [2.45, 2.75) is 117 Å². The molecule has 0 unspecified atom stereocenters. The van der Waals surface area contributed by atoms with Gasteiger partial charge in [-0.3, -0.25) is 29.2 Å². The normalized spacial score (nSPS) is 23.0. The number of hydrazine groups is 1. The van der Waals surface area contributed by atoms with Crippen molar-refractivity contribution in [2.24, 2.45) is 17.3 Å². The minimum absolute atomic E-state index is 0.0868. The van der Waals surface area contributed by atoms with Gasteiger partial charge in [0, 0.05) is 54.7 Å². The van der Waals surface area contributed by atoms with Crippen molar-refractivity contribution in [2.75, 3.05) is 33.4 Å². The van der Waals surface area contributed by atoms with Gasteiger partial charge < -0.3 is 29.0 Å². The van der Waals surface area contributed by atoms with E-state index in [1.54, 1.807) is 18.2 Å². The number of aryl methyl sites for hydroxylation is 1. The van der Waals surface area contributed by atoms with E-state index in [9.17, 15) is 19.2 Å². The van der Waals surface area contributed by atoms with Crippen molar-refractivity contribution in [3.63, 3.8) is 0 Å². The number of likely N-dealkylation sites (tertiary alicyclic amines) is 1. The van der Waals surface area contributed by atoms with Crippen molar-refractivity contribution in [3.05, 3.63) is 90.3 Å². The first-order chi connectivity index (χ1) is 30.6. The Bertz CT molecular complexity index is 2430. The molecular formula is C51H64N6O7. The molecule has 6 heterocycles. The summed E-state index contributed by atoms with van der Waals surface area (Å²) in [7, 11) is 1.70. The summed E-state index contributed by atoms with van der Waals surface area (Å²) < 4.78 is 20.9. The van der Waals surface area contributed by atoms with Gasteiger partial charge in [0.05, 0.1) is 49.2 Å². The van der Waals surface area contributed by atoms with Crippen LogP contribution in [0.2, 0.25) is 0 Å². The van der Waals surface area contributed by atoms with Gasteiger partial charge in [0.1, 0.15) is 17.7 Å². The summed E-state index contributed by atoms with van der Waals surface area (Å²) in [5, 5.41) is 5.78. The SMILES string of the molecule is C=CC(=O)N1CC2(CC[C@@H]([C@H](C(=O)N[C@H]3Cc4cccc(c4)-c4ccc5c(c4)c(c(-c4cccnc4[C@H](C)OC)n5CC)CC(C)(C)COC(=O)[C@@H]4CCCN(N4)C3=O)C(C)C)O2)C1. The van der Waals surface area contributed by atoms with Crippen LogP contribution >= 0.6 is 0 Å². The molecule has 4 aliphatic heterocycles. The first-order valence-electron chi connectivity index (χ1n) is 23.0. The van der Waals surface area contributed by atoms with Gasteiger partial charge in [0.2, 0.25) is 11.8 Å². The predicted octanol–water partition coefficient (Wildman–Crippen LogP) is 6.96. The van der Waals surface area contributed by atoms with E-state index >= 15 is 0 Å². The van der Waals surface area contributed by atoms with Crippen LogP contribution in [0.15, 0.2) is 73.4 Å². The number of methoxy groups -OCH3 is 1. The second kappa shape index (κ2) is 18.3. The molecule has 4 aliphatic rings. The number of pyridine rings is 1. The van der Waals surface area contributed by atoms with Crippen molar-refractivity contribution in [1.82, 2.24) is 30.2 Å². The van der Waals surface area contributed by atoms with Crippen LogP contribution in [0.3, 0.4) is 0 Å². The Hall–Kier alpha value is -5.37. The number of esters is 1. The van der Waals surface area contributed by atoms with E-state index in [1.165, 1.54) is 11.1 Å². The minimum atomic E-state index is -0.942. The number of rotatable bonds is 9. The number of cyclic esters (lactones) is 1. The Kier molecular flexibility index (Phi) is 12.9. The average molecular weight is 873 g/mol. The van der Waals surface area contributed by atoms with Gasteiger partial charge in [-0.05, 0) is 104 Å². The summed E-state index contributed by atoms with van der Waals surface area (Å²) in [5.74, 6) is -1.74. The van der Waals surface area contributed by atoms with Gasteiger partial charge in [0.15, 0.2) is 0 Å². The second-order valence-electron chi connectivity index (χ2n) is 19.4. The Morgan fingerprint density at radius 1 is 1.06 bits per heavy atom. The van der Waals surface area contributed by atoms with E-state index in [-0.39, 0.29) is 48.9 Å². The molecule has 0 radical (unpaired) electrons. The minimum Gasteiger partial charge on any atom is -0.464 e. The highest BCUT2D eigenvalue weighted by molar-refractivity contribution is 5.95. The van der Waals surface area contributed by atoms with Gasteiger partial charge in [-0.15, -0.1) is 0 Å². The number of amides is 3. The molecule has 5 atom stereocenters. The number of carbonyl (C=O) groups excluding carboxylic acids is 4. The van der Waals surface area contributed by atoms with Crippen molar-refractivity contribution < 1.29 is 33.4 Å². The quantitative estimate of drug-likeness (QED) is 0.135. The predicted molar refractivity (Wildman–Crippen MR) is 246 cm³/mol. The largest absolute Gasteiger partial charge is 0.464 e. The van der Waals surface area contributed by atoms with Crippen LogP contribution in [-0.2, 0) is 52.8 Å². The summed E-state index contributed by atoms with van der Waals surface area (Å²) in [5.41, 5.74) is 10.3. The van der Waals surface area contributed by atoms with Gasteiger partial charge in [-0.1, -0.05) is 64.6 Å². The molecule has 3 saturated heterocycles. The van der Waals surface area contributed by atoms with E-state index < -0.39 is 35.0 Å². The summed E-state index contributed by atoms with van der Waals surface area (Å²) >= 11 is 0. The lowest BCUT2D eigenvalue weighted by Crippen LogP contribution is -2.63. The number of fused-ring (bicyclic) bond motifs is 6. The molecule has 13 nitrogen and oxygen atoms in total. The van der Waals surface area contributed by atoms with Crippen LogP contribution in [-0.4, -0.2) is 100 Å². The van der Waals surface area contributed by atoms with E-state index in [2.05, 4.69) is 79.1 Å². The van der Waals surface area contributed by atoms with Crippen LogP contribution in [0.25, 0.3) is 33.3 Å². The van der Waals surface area contributed by atoms with E-state index in [1.807, 2.05) is 39.0 Å². The summed E-state index contributed by atoms with van der Waals surface area (Å²) in [4.78, 5) is 61.9. The summed E-state index contributed by atoms with van der Waals surface area (Å²) in [6, 6.07) is 17.2. The molecule has 64 heavy (non-hydrogen) atoms. The molecule has 2 N–H and O–H groups in total. The third-order valence-corrected chi connectivity index (χ3v) is 13.8. The fourth-order valence-electron chi connectivity index (χ4n) is 10.4. The van der Waals surface area contributed by atoms with Crippen molar-refractivity contribution >= 4 is 34.6 Å². The number of hydrogen-bond donors (Lipinski definition) is 2. The molecule has 6 bridgehead atoms. The van der Waals surface area contributed by atoms with Gasteiger partial charge >= 0.3 is 5.97 Å². The lowest BCUT2D eigenvalue weighted by molar-refractivity contribution is -0.170. The van der Waals surface area contributed by atoms with Gasteiger partial charge in [-0.2, -0.15) is 0 Å². The second-order valence-corrected chi connectivity index (χ2v) is 19.4. The Morgan fingerprint density at radius 2 is 1.84 bits per heavy atom. The van der Waals surface area contributed by atoms with E-state index in [0.29, 0.717) is 45.3 Å². The molecule has 3 fully saturated rings. The zero-order valence-electron chi connectivity index (χ0n) is 38.4. The number of hydrogen-bond acceptors (Lipinski definition) is 9. The molecule has 3 amide bonds. The third kappa shape index (κ3) is 8.86. The number of ether oxygens (including phenoxy) is 3. The Morgan fingerprint density at radius 3 is 2.58 bits per heavy atom. The lowest BCUT2D eigenvalue weighted by Gasteiger charge is -2.47. The molecular weight excluding hydrogens is 809 g/mol. The molecule has 4 aromatic rings. The standard InChI is InChI=1S/C51H64N6O7/c1-9-43(58)55-28-51(29-55)21-20-42(64-51)44(31(3)4)47(59)53-40-25-33-14-11-15-34(24-33)35-18-19-41-37(26-35)38(46(56(41)10-2)36-16-12-22-52-45(36)32(5)62-8)27-50(6,7)30-63-49(61)39-17-13-23-57(54-39)48(40)60/h9,11-12,14-16,18-19,22,24,26,31-32,39-40,42,44,54H,1,10,13,17,20-21,23,25,27-30H2,2-8H3,(H,53,59)/t32-,39-,40-,42-,44+/m0/s1. The highest BCUT2D eigenvalue weighted by Crippen LogP contribution is 2.44. The molecule has 13 heteroatoms.